The summed E-state index contributed by atoms with van der Waals surface area (Å²) >= 11 is 0. The molecule has 20 heavy (non-hydrogen) atoms. The molecule has 1 saturated heterocycles. The fourth-order valence-electron chi connectivity index (χ4n) is 2.28. The van der Waals surface area contributed by atoms with E-state index < -0.39 is 36.3 Å². The molecule has 1 N–H and O–H groups in total. The second-order valence-corrected chi connectivity index (χ2v) is 4.44. The summed E-state index contributed by atoms with van der Waals surface area (Å²) in [4.78, 5) is 11.4. The van der Waals surface area contributed by atoms with E-state index in [1.807, 2.05) is 0 Å². The summed E-state index contributed by atoms with van der Waals surface area (Å²) in [7, 11) is 5.98. The molecule has 0 unspecified atom stereocenters. The molecule has 7 heteroatoms. The van der Waals surface area contributed by atoms with E-state index in [1.165, 1.54) is 35.4 Å². The van der Waals surface area contributed by atoms with Crippen LogP contribution in [0.15, 0.2) is 0 Å². The van der Waals surface area contributed by atoms with E-state index in [0.717, 1.165) is 0 Å². The SMILES string of the molecule is COC[C]1O[C@H]([C](O)C(C)=O)[C@H](OC)[C@@H](OC)[C@@H]1OC. The van der Waals surface area contributed by atoms with Crippen molar-refractivity contribution in [2.45, 2.75) is 31.3 Å². The molecule has 0 aromatic heterocycles. The predicted molar refractivity (Wildman–Crippen MR) is 68.2 cm³/mol. The molecule has 0 saturated carbocycles. The van der Waals surface area contributed by atoms with Crippen molar-refractivity contribution in [2.24, 2.45) is 0 Å². The average Bonchev–Trinajstić information content (AvgIpc) is 2.44. The molecule has 1 aliphatic heterocycles. The molecule has 0 bridgehead atoms. The standard InChI is InChI=1S/C13H22O7/c1-7(14)9(15)11-13(19-5)12(18-4)10(17-3)8(20-11)6-16-2/h10-13,15H,6H2,1-5H3/t10-,11-,12+,13+/m1/s1. The molecular weight excluding hydrogens is 268 g/mol. The highest BCUT2D eigenvalue weighted by molar-refractivity contribution is 5.88. The molecule has 1 fully saturated rings. The third kappa shape index (κ3) is 3.55. The lowest BCUT2D eigenvalue weighted by Gasteiger charge is -2.44. The van der Waals surface area contributed by atoms with Crippen LogP contribution in [-0.4, -0.2) is 70.4 Å². The van der Waals surface area contributed by atoms with Gasteiger partial charge in [0, 0.05) is 28.4 Å². The van der Waals surface area contributed by atoms with E-state index in [-0.39, 0.29) is 6.61 Å². The highest BCUT2D eigenvalue weighted by Crippen LogP contribution is 2.34. The number of carbonyl (C=O) groups excluding carboxylic acids is 1. The van der Waals surface area contributed by atoms with Crippen LogP contribution < -0.4 is 0 Å². The van der Waals surface area contributed by atoms with Crippen LogP contribution in [0.2, 0.25) is 0 Å². The fourth-order valence-corrected chi connectivity index (χ4v) is 2.28. The van der Waals surface area contributed by atoms with Crippen LogP contribution in [0.25, 0.3) is 0 Å². The van der Waals surface area contributed by atoms with Crippen molar-refractivity contribution in [3.8, 4) is 0 Å². The van der Waals surface area contributed by atoms with Crippen LogP contribution in [0.3, 0.4) is 0 Å². The molecule has 0 aromatic carbocycles. The van der Waals surface area contributed by atoms with Crippen LogP contribution >= 0.6 is 0 Å². The summed E-state index contributed by atoms with van der Waals surface area (Å²) < 4.78 is 26.8. The molecule has 1 rings (SSSR count). The Kier molecular flexibility index (Phi) is 7.01. The molecule has 7 nitrogen and oxygen atoms in total. The topological polar surface area (TPSA) is 83.5 Å². The maximum Gasteiger partial charge on any atom is 0.190 e. The van der Waals surface area contributed by atoms with Gasteiger partial charge < -0.3 is 28.8 Å². The van der Waals surface area contributed by atoms with Gasteiger partial charge in [0.1, 0.15) is 24.4 Å². The zero-order chi connectivity index (χ0) is 15.3. The lowest BCUT2D eigenvalue weighted by Crippen LogP contribution is -2.59. The number of methoxy groups -OCH3 is 4. The number of hydrogen-bond donors (Lipinski definition) is 1. The highest BCUT2D eigenvalue weighted by Gasteiger charge is 2.51. The number of hydrogen-bond acceptors (Lipinski definition) is 7. The predicted octanol–water partition coefficient (Wildman–Crippen LogP) is 0.102. The van der Waals surface area contributed by atoms with Gasteiger partial charge in [-0.3, -0.25) is 4.79 Å². The minimum atomic E-state index is -0.945. The number of ether oxygens (including phenoxy) is 5. The molecule has 0 amide bonds. The Labute approximate surface area is 119 Å². The molecule has 0 aliphatic carbocycles. The van der Waals surface area contributed by atoms with Gasteiger partial charge in [0.25, 0.3) is 0 Å². The Morgan fingerprint density at radius 2 is 1.75 bits per heavy atom. The lowest BCUT2D eigenvalue weighted by molar-refractivity contribution is -0.217. The Morgan fingerprint density at radius 3 is 2.15 bits per heavy atom. The Morgan fingerprint density at radius 1 is 1.15 bits per heavy atom. The van der Waals surface area contributed by atoms with Crippen molar-refractivity contribution in [3.05, 3.63) is 12.2 Å². The second-order valence-electron chi connectivity index (χ2n) is 4.44. The summed E-state index contributed by atoms with van der Waals surface area (Å²) in [6.45, 7) is 1.42. The summed E-state index contributed by atoms with van der Waals surface area (Å²) in [6, 6.07) is 0. The normalized spacial score (nSPS) is 31.8. The Hall–Kier alpha value is -0.570. The van der Waals surface area contributed by atoms with Crippen LogP contribution in [0, 0.1) is 12.2 Å². The molecule has 1 aliphatic rings. The van der Waals surface area contributed by atoms with Gasteiger partial charge in [-0.05, 0) is 6.92 Å². The van der Waals surface area contributed by atoms with Crippen LogP contribution in [0.4, 0.5) is 0 Å². The third-order valence-corrected chi connectivity index (χ3v) is 3.23. The number of rotatable bonds is 7. The zero-order valence-electron chi connectivity index (χ0n) is 12.4. The molecular formula is C13H22O7. The summed E-state index contributed by atoms with van der Waals surface area (Å²) in [6.07, 6.45) is -2.64. The lowest BCUT2D eigenvalue weighted by atomic mass is 9.90. The first-order valence-electron chi connectivity index (χ1n) is 6.18. The van der Waals surface area contributed by atoms with Gasteiger partial charge in [0.05, 0.1) is 6.61 Å². The zero-order valence-corrected chi connectivity index (χ0v) is 12.4. The summed E-state index contributed by atoms with van der Waals surface area (Å²) in [5, 5.41) is 9.92. The van der Waals surface area contributed by atoms with Crippen molar-refractivity contribution in [1.29, 1.82) is 0 Å². The van der Waals surface area contributed by atoms with Crippen molar-refractivity contribution in [1.82, 2.24) is 0 Å². The Balaban J connectivity index is 3.02. The number of Topliss-reactive ketones (excluding diaryl/α,β-unsaturated/α-hetero) is 1. The smallest absolute Gasteiger partial charge is 0.190 e. The largest absolute Gasteiger partial charge is 0.381 e. The van der Waals surface area contributed by atoms with Gasteiger partial charge in [-0.15, -0.1) is 0 Å². The molecule has 4 atom stereocenters. The molecule has 0 spiro atoms. The summed E-state index contributed by atoms with van der Waals surface area (Å²) in [5.41, 5.74) is 0. The first-order chi connectivity index (χ1) is 9.51. The van der Waals surface area contributed by atoms with Crippen LogP contribution in [0.5, 0.6) is 0 Å². The van der Waals surface area contributed by atoms with E-state index in [4.69, 9.17) is 23.7 Å². The van der Waals surface area contributed by atoms with Crippen LogP contribution in [-0.2, 0) is 28.5 Å². The molecule has 2 radical (unpaired) electrons. The van der Waals surface area contributed by atoms with E-state index in [9.17, 15) is 9.90 Å². The van der Waals surface area contributed by atoms with Crippen molar-refractivity contribution in [3.63, 3.8) is 0 Å². The van der Waals surface area contributed by atoms with E-state index >= 15 is 0 Å². The van der Waals surface area contributed by atoms with Gasteiger partial charge in [-0.25, -0.2) is 0 Å². The van der Waals surface area contributed by atoms with Gasteiger partial charge >= 0.3 is 0 Å². The minimum Gasteiger partial charge on any atom is -0.381 e. The maximum absolute atomic E-state index is 11.4. The van der Waals surface area contributed by atoms with Gasteiger partial charge in [-0.2, -0.15) is 0 Å². The number of aliphatic hydroxyl groups excluding tert-OH is 1. The minimum absolute atomic E-state index is 0.163. The summed E-state index contributed by atoms with van der Waals surface area (Å²) in [5.74, 6) is -0.487. The van der Waals surface area contributed by atoms with Gasteiger partial charge in [0.2, 0.25) is 0 Å². The Bertz CT molecular complexity index is 309. The first-order valence-corrected chi connectivity index (χ1v) is 6.18. The third-order valence-electron chi connectivity index (χ3n) is 3.23. The van der Waals surface area contributed by atoms with E-state index in [0.29, 0.717) is 6.10 Å². The monoisotopic (exact) mass is 290 g/mol. The second kappa shape index (κ2) is 8.02. The molecule has 0 aromatic rings. The fraction of sp³-hybridized carbons (Fsp3) is 0.769. The van der Waals surface area contributed by atoms with Gasteiger partial charge in [0.15, 0.2) is 18.0 Å². The van der Waals surface area contributed by atoms with Crippen molar-refractivity contribution in [2.75, 3.05) is 35.0 Å². The molecule has 1 heterocycles. The van der Waals surface area contributed by atoms with Crippen molar-refractivity contribution >= 4 is 5.78 Å². The maximum atomic E-state index is 11.4. The molecule has 116 valence electrons. The van der Waals surface area contributed by atoms with Crippen LogP contribution in [0.1, 0.15) is 6.92 Å². The van der Waals surface area contributed by atoms with E-state index in [1.54, 1.807) is 0 Å². The first kappa shape index (κ1) is 17.5. The van der Waals surface area contributed by atoms with E-state index in [2.05, 4.69) is 0 Å². The number of ketones is 1. The highest BCUT2D eigenvalue weighted by atomic mass is 16.6. The number of carbonyl (C=O) groups is 1. The number of aliphatic hydroxyl groups is 1. The van der Waals surface area contributed by atoms with Gasteiger partial charge in [-0.1, -0.05) is 0 Å². The average molecular weight is 290 g/mol. The van der Waals surface area contributed by atoms with Crippen molar-refractivity contribution < 1.29 is 33.6 Å². The quantitative estimate of drug-likeness (QED) is 0.712.